The second kappa shape index (κ2) is 53.9. The van der Waals surface area contributed by atoms with E-state index in [2.05, 4.69) is 81.5 Å². The first-order valence-electron chi connectivity index (χ1n) is 27.3. The zero-order valence-electron chi connectivity index (χ0n) is 42.9. The lowest BCUT2D eigenvalue weighted by molar-refractivity contribution is -0.167. The zero-order chi connectivity index (χ0) is 47.9. The van der Waals surface area contributed by atoms with Crippen LogP contribution < -0.4 is 0 Å². The fourth-order valence-electron chi connectivity index (χ4n) is 7.32. The maximum Gasteiger partial charge on any atom is 0.306 e. The van der Waals surface area contributed by atoms with Crippen LogP contribution in [0.5, 0.6) is 0 Å². The molecule has 0 radical (unpaired) electrons. The van der Waals surface area contributed by atoms with Gasteiger partial charge in [0.2, 0.25) is 0 Å². The van der Waals surface area contributed by atoms with E-state index in [1.165, 1.54) is 122 Å². The Morgan fingerprint density at radius 1 is 0.318 bits per heavy atom. The summed E-state index contributed by atoms with van der Waals surface area (Å²) in [5.41, 5.74) is 0. The Balaban J connectivity index is 4.46. The Hall–Kier alpha value is -3.67. The van der Waals surface area contributed by atoms with E-state index < -0.39 is 6.10 Å². The third-order valence-corrected chi connectivity index (χ3v) is 11.4. The average Bonchev–Trinajstić information content (AvgIpc) is 3.31. The van der Waals surface area contributed by atoms with Gasteiger partial charge in [-0.05, 0) is 89.9 Å². The first kappa shape index (κ1) is 62.3. The van der Waals surface area contributed by atoms with Gasteiger partial charge >= 0.3 is 17.9 Å². The summed E-state index contributed by atoms with van der Waals surface area (Å²) in [4.78, 5) is 38.0. The van der Waals surface area contributed by atoms with Crippen molar-refractivity contribution in [1.82, 2.24) is 0 Å². The van der Waals surface area contributed by atoms with Gasteiger partial charge in [0, 0.05) is 19.3 Å². The summed E-state index contributed by atoms with van der Waals surface area (Å²) in [6.45, 7) is 6.41. The van der Waals surface area contributed by atoms with Crippen molar-refractivity contribution in [3.63, 3.8) is 0 Å². The summed E-state index contributed by atoms with van der Waals surface area (Å²) >= 11 is 0. The van der Waals surface area contributed by atoms with Gasteiger partial charge < -0.3 is 14.2 Å². The molecule has 0 aromatic heterocycles. The number of esters is 3. The molecule has 1 unspecified atom stereocenters. The lowest BCUT2D eigenvalue weighted by Crippen LogP contribution is -2.30. The maximum atomic E-state index is 12.8. The molecule has 0 rings (SSSR count). The van der Waals surface area contributed by atoms with E-state index >= 15 is 0 Å². The number of carbonyl (C=O) groups excluding carboxylic acids is 3. The number of carbonyl (C=O) groups is 3. The Morgan fingerprint density at radius 3 is 0.985 bits per heavy atom. The Labute approximate surface area is 407 Å². The molecule has 0 heterocycles. The van der Waals surface area contributed by atoms with Crippen LogP contribution in [0.3, 0.4) is 0 Å². The van der Waals surface area contributed by atoms with Crippen LogP contribution in [0.25, 0.3) is 0 Å². The van der Waals surface area contributed by atoms with Crippen LogP contribution in [-0.2, 0) is 28.6 Å². The van der Waals surface area contributed by atoms with E-state index in [0.717, 1.165) is 83.5 Å². The fourth-order valence-corrected chi connectivity index (χ4v) is 7.32. The molecule has 0 aliphatic heterocycles. The zero-order valence-corrected chi connectivity index (χ0v) is 42.9. The van der Waals surface area contributed by atoms with Crippen LogP contribution in [0.2, 0.25) is 0 Å². The van der Waals surface area contributed by atoms with Crippen LogP contribution in [0.15, 0.2) is 97.2 Å². The van der Waals surface area contributed by atoms with Gasteiger partial charge in [-0.25, -0.2) is 0 Å². The quantitative estimate of drug-likeness (QED) is 0.0262. The van der Waals surface area contributed by atoms with Gasteiger partial charge in [0.1, 0.15) is 13.2 Å². The predicted octanol–water partition coefficient (Wildman–Crippen LogP) is 18.1. The molecule has 6 nitrogen and oxygen atoms in total. The molecule has 0 N–H and O–H groups in total. The van der Waals surface area contributed by atoms with Gasteiger partial charge in [0.15, 0.2) is 6.10 Å². The van der Waals surface area contributed by atoms with Gasteiger partial charge in [-0.15, -0.1) is 0 Å². The van der Waals surface area contributed by atoms with E-state index in [1.54, 1.807) is 0 Å². The summed E-state index contributed by atoms with van der Waals surface area (Å²) in [5.74, 6) is -0.974. The number of hydrogen-bond donors (Lipinski definition) is 0. The summed E-state index contributed by atoms with van der Waals surface area (Å²) in [5, 5.41) is 0. The number of ether oxygens (including phenoxy) is 3. The minimum atomic E-state index is -0.810. The van der Waals surface area contributed by atoms with E-state index in [4.69, 9.17) is 14.2 Å². The molecular weight excluding hydrogens is 817 g/mol. The van der Waals surface area contributed by atoms with Crippen molar-refractivity contribution in [3.8, 4) is 0 Å². The summed E-state index contributed by atoms with van der Waals surface area (Å²) in [7, 11) is 0. The predicted molar refractivity (Wildman–Crippen MR) is 284 cm³/mol. The molecule has 0 aliphatic carbocycles. The molecule has 0 aromatic carbocycles. The van der Waals surface area contributed by atoms with Gasteiger partial charge in [0.25, 0.3) is 0 Å². The van der Waals surface area contributed by atoms with E-state index in [-0.39, 0.29) is 37.5 Å². The highest BCUT2D eigenvalue weighted by Gasteiger charge is 2.19. The van der Waals surface area contributed by atoms with E-state index in [9.17, 15) is 14.4 Å². The number of rotatable bonds is 48. The van der Waals surface area contributed by atoms with Crippen LogP contribution in [0.1, 0.15) is 245 Å². The van der Waals surface area contributed by atoms with Crippen LogP contribution in [0.4, 0.5) is 0 Å². The molecule has 0 saturated carbocycles. The minimum absolute atomic E-state index is 0.104. The number of unbranched alkanes of at least 4 members (excludes halogenated alkanes) is 26. The largest absolute Gasteiger partial charge is 0.462 e. The van der Waals surface area contributed by atoms with Crippen molar-refractivity contribution in [1.29, 1.82) is 0 Å². The fraction of sp³-hybridized carbons (Fsp3) is 0.683. The van der Waals surface area contributed by atoms with Gasteiger partial charge in [-0.2, -0.15) is 0 Å². The van der Waals surface area contributed by atoms with Crippen LogP contribution in [0, 0.1) is 0 Å². The molecular formula is C60H100O6. The first-order chi connectivity index (χ1) is 32.5. The van der Waals surface area contributed by atoms with Crippen molar-refractivity contribution in [3.05, 3.63) is 97.2 Å². The van der Waals surface area contributed by atoms with Crippen molar-refractivity contribution in [2.75, 3.05) is 13.2 Å². The topological polar surface area (TPSA) is 78.9 Å². The van der Waals surface area contributed by atoms with Crippen molar-refractivity contribution in [2.24, 2.45) is 0 Å². The highest BCUT2D eigenvalue weighted by molar-refractivity contribution is 5.71. The van der Waals surface area contributed by atoms with E-state index in [0.29, 0.717) is 12.8 Å². The Bertz CT molecular complexity index is 1330. The second-order valence-corrected chi connectivity index (χ2v) is 17.9. The maximum absolute atomic E-state index is 12.8. The normalized spacial score (nSPS) is 12.8. The Morgan fingerprint density at radius 2 is 0.591 bits per heavy atom. The number of allylic oxidation sites excluding steroid dienone is 16. The molecule has 376 valence electrons. The monoisotopic (exact) mass is 917 g/mol. The van der Waals surface area contributed by atoms with Crippen LogP contribution in [-0.4, -0.2) is 37.2 Å². The summed E-state index contributed by atoms with van der Waals surface area (Å²) in [6, 6.07) is 0. The molecule has 66 heavy (non-hydrogen) atoms. The van der Waals surface area contributed by atoms with E-state index in [1.807, 2.05) is 36.5 Å². The molecule has 1 atom stereocenters. The molecule has 0 saturated heterocycles. The third kappa shape index (κ3) is 51.3. The molecule has 0 aromatic rings. The van der Waals surface area contributed by atoms with Crippen molar-refractivity contribution >= 4 is 17.9 Å². The van der Waals surface area contributed by atoms with Crippen LogP contribution >= 0.6 is 0 Å². The molecule has 0 aliphatic rings. The average molecular weight is 917 g/mol. The molecule has 0 spiro atoms. The molecule has 0 bridgehead atoms. The van der Waals surface area contributed by atoms with Gasteiger partial charge in [0.05, 0.1) is 0 Å². The van der Waals surface area contributed by atoms with Gasteiger partial charge in [-0.1, -0.05) is 234 Å². The smallest absolute Gasteiger partial charge is 0.306 e. The second-order valence-electron chi connectivity index (χ2n) is 17.9. The van der Waals surface area contributed by atoms with Gasteiger partial charge in [-0.3, -0.25) is 14.4 Å². The molecule has 0 fully saturated rings. The molecule has 6 heteroatoms. The lowest BCUT2D eigenvalue weighted by atomic mass is 10.1. The number of hydrogen-bond acceptors (Lipinski definition) is 6. The van der Waals surface area contributed by atoms with Crippen molar-refractivity contribution in [2.45, 2.75) is 252 Å². The summed E-state index contributed by atoms with van der Waals surface area (Å²) in [6.07, 6.45) is 71.1. The van der Waals surface area contributed by atoms with Crippen molar-refractivity contribution < 1.29 is 28.6 Å². The standard InChI is InChI=1S/C60H100O6/c1-4-7-10-13-16-19-22-25-27-29-30-31-33-35-38-41-44-47-50-53-59(62)65-56-57(55-64-58(61)52-49-46-43-40-37-34-24-21-18-15-12-9-6-3)66-60(63)54-51-48-45-42-39-36-32-28-26-23-20-17-14-11-8-5-2/h9,12,15-16,18-19,21-22,24-25,28,32,34,36-37,39,57H,4-8,10-11,13-14,17,20,23,26-27,29-31,33,35,38,40-56H2,1-3H3/b12-9+,18-15+,19-16+,24-21+,25-22+,32-28+,37-34+,39-36+. The summed E-state index contributed by atoms with van der Waals surface area (Å²) < 4.78 is 16.8. The highest BCUT2D eigenvalue weighted by Crippen LogP contribution is 2.14. The lowest BCUT2D eigenvalue weighted by Gasteiger charge is -2.18. The third-order valence-electron chi connectivity index (χ3n) is 11.4. The minimum Gasteiger partial charge on any atom is -0.462 e. The first-order valence-corrected chi connectivity index (χ1v) is 27.3. The molecule has 0 amide bonds. The Kier molecular flexibility index (Phi) is 50.9. The highest BCUT2D eigenvalue weighted by atomic mass is 16.6. The SMILES string of the molecule is CC/C=C/C=C/C=C/C=C/CCCCCC(=O)OCC(COC(=O)CCCCCCCCCCCC/C=C/C=C/CCCCC)OC(=O)CCCCC/C=C/C=C/CCCCCCCCC.